The second-order valence-corrected chi connectivity index (χ2v) is 4.07. The van der Waals surface area contributed by atoms with E-state index in [-0.39, 0.29) is 0 Å². The van der Waals surface area contributed by atoms with Crippen molar-refractivity contribution < 1.29 is 17.7 Å². The molecule has 0 saturated heterocycles. The lowest BCUT2D eigenvalue weighted by atomic mass is 10.1. The van der Waals surface area contributed by atoms with E-state index in [0.717, 1.165) is 12.1 Å². The number of halogens is 3. The summed E-state index contributed by atoms with van der Waals surface area (Å²) in [6.45, 7) is 0. The van der Waals surface area contributed by atoms with Gasteiger partial charge in [-0.1, -0.05) is 11.2 Å². The van der Waals surface area contributed by atoms with Crippen LogP contribution in [-0.2, 0) is 6.18 Å². The van der Waals surface area contributed by atoms with Crippen LogP contribution in [0.2, 0.25) is 0 Å². The molecular weight excluding hydrogens is 259 g/mol. The lowest BCUT2D eigenvalue weighted by molar-refractivity contribution is -0.137. The first kappa shape index (κ1) is 11.6. The van der Waals surface area contributed by atoms with Gasteiger partial charge in [0.05, 0.1) is 11.8 Å². The van der Waals surface area contributed by atoms with Crippen LogP contribution in [0.4, 0.5) is 18.9 Å². The van der Waals surface area contributed by atoms with Crippen LogP contribution in [0.5, 0.6) is 0 Å². The lowest BCUT2D eigenvalue weighted by Gasteiger charge is -2.06. The van der Waals surface area contributed by atoms with Gasteiger partial charge in [-0.15, -0.1) is 0 Å². The summed E-state index contributed by atoms with van der Waals surface area (Å²) in [7, 11) is 0. The summed E-state index contributed by atoms with van der Waals surface area (Å²) in [4.78, 5) is 2.77. The number of rotatable bonds is 1. The van der Waals surface area contributed by atoms with Crippen molar-refractivity contribution in [3.8, 4) is 11.3 Å². The maximum atomic E-state index is 12.6. The van der Waals surface area contributed by atoms with Gasteiger partial charge < -0.3 is 15.2 Å². The number of aromatic amines is 1. The summed E-state index contributed by atoms with van der Waals surface area (Å²) in [5.41, 5.74) is 6.24. The van der Waals surface area contributed by atoms with E-state index in [1.54, 1.807) is 6.20 Å². The van der Waals surface area contributed by atoms with E-state index < -0.39 is 11.7 Å². The van der Waals surface area contributed by atoms with Crippen LogP contribution in [0.1, 0.15) is 5.56 Å². The van der Waals surface area contributed by atoms with Gasteiger partial charge in [0.2, 0.25) is 0 Å². The molecule has 3 aromatic rings. The summed E-state index contributed by atoms with van der Waals surface area (Å²) in [6, 6.07) is 3.45. The number of nitrogens with one attached hydrogen (secondary N) is 1. The molecule has 98 valence electrons. The fourth-order valence-corrected chi connectivity index (χ4v) is 1.94. The predicted octanol–water partition coefficient (Wildman–Crippen LogP) is 3.42. The Morgan fingerprint density at radius 2 is 2.05 bits per heavy atom. The van der Waals surface area contributed by atoms with Gasteiger partial charge in [-0.2, -0.15) is 13.2 Å². The Bertz CT molecular complexity index is 742. The number of nitrogen functional groups attached to an aromatic ring is 1. The smallest absolute Gasteiger partial charge is 0.394 e. The van der Waals surface area contributed by atoms with Crippen LogP contribution in [0.25, 0.3) is 22.2 Å². The van der Waals surface area contributed by atoms with E-state index in [1.807, 2.05) is 0 Å². The Morgan fingerprint density at radius 3 is 2.68 bits per heavy atom. The molecule has 0 atom stereocenters. The van der Waals surface area contributed by atoms with Gasteiger partial charge in [0.15, 0.2) is 5.76 Å². The summed E-state index contributed by atoms with van der Waals surface area (Å²) >= 11 is 0. The molecule has 0 fully saturated rings. The van der Waals surface area contributed by atoms with E-state index in [2.05, 4.69) is 10.1 Å². The quantitative estimate of drug-likeness (QED) is 0.709. The van der Waals surface area contributed by atoms with E-state index in [9.17, 15) is 13.2 Å². The number of alkyl halides is 3. The van der Waals surface area contributed by atoms with Crippen LogP contribution in [0, 0.1) is 0 Å². The fourth-order valence-electron chi connectivity index (χ4n) is 1.94. The Hall–Kier alpha value is -2.44. The summed E-state index contributed by atoms with van der Waals surface area (Å²) < 4.78 is 42.8. The third-order valence-electron chi connectivity index (χ3n) is 2.85. The van der Waals surface area contributed by atoms with E-state index >= 15 is 0 Å². The van der Waals surface area contributed by atoms with E-state index in [1.165, 1.54) is 12.3 Å². The minimum absolute atomic E-state index is 0.334. The molecule has 0 aliphatic rings. The van der Waals surface area contributed by atoms with Crippen LogP contribution in [0.15, 0.2) is 35.1 Å². The Morgan fingerprint density at radius 1 is 1.26 bits per heavy atom. The molecule has 0 aliphatic heterocycles. The number of hydrogen-bond donors (Lipinski definition) is 2. The monoisotopic (exact) mass is 267 g/mol. The summed E-state index contributed by atoms with van der Waals surface area (Å²) in [6.07, 6.45) is -1.48. The van der Waals surface area contributed by atoms with Crippen molar-refractivity contribution >= 4 is 16.6 Å². The zero-order valence-electron chi connectivity index (χ0n) is 9.45. The third kappa shape index (κ3) is 1.83. The molecule has 3 N–H and O–H groups in total. The van der Waals surface area contributed by atoms with Crippen molar-refractivity contribution in [2.24, 2.45) is 0 Å². The molecule has 0 bridgehead atoms. The number of H-pyrrole nitrogens is 1. The predicted molar refractivity (Wildman–Crippen MR) is 63.2 cm³/mol. The standard InChI is InChI=1S/C12H8F3N3O/c13-12(14,15)6-1-2-7-8(4-17-10(7)3-6)11-9(16)5-18-19-11/h1-5,17H,16H2. The maximum Gasteiger partial charge on any atom is 0.416 e. The number of nitrogens with zero attached hydrogens (tertiary/aromatic N) is 1. The molecule has 7 heteroatoms. The summed E-state index contributed by atoms with van der Waals surface area (Å²) in [5, 5.41) is 4.14. The second kappa shape index (κ2) is 3.78. The Balaban J connectivity index is 2.18. The van der Waals surface area contributed by atoms with Gasteiger partial charge in [0.25, 0.3) is 0 Å². The minimum Gasteiger partial charge on any atom is -0.394 e. The molecule has 0 radical (unpaired) electrons. The molecular formula is C12H8F3N3O. The molecule has 0 saturated carbocycles. The molecule has 0 spiro atoms. The van der Waals surface area contributed by atoms with Gasteiger partial charge in [0.1, 0.15) is 5.69 Å². The molecule has 2 heterocycles. The molecule has 1 aromatic carbocycles. The first-order valence-corrected chi connectivity index (χ1v) is 5.35. The first-order valence-electron chi connectivity index (χ1n) is 5.35. The SMILES string of the molecule is Nc1cnoc1-c1c[nH]c2cc(C(F)(F)F)ccc12. The van der Waals surface area contributed by atoms with Gasteiger partial charge >= 0.3 is 6.18 Å². The molecule has 0 amide bonds. The number of nitrogens with two attached hydrogens (primary N) is 1. The van der Waals surface area contributed by atoms with Crippen LogP contribution >= 0.6 is 0 Å². The average Bonchev–Trinajstić information content (AvgIpc) is 2.92. The van der Waals surface area contributed by atoms with Gasteiger partial charge in [0, 0.05) is 22.7 Å². The van der Waals surface area contributed by atoms with Gasteiger partial charge in [-0.05, 0) is 12.1 Å². The average molecular weight is 267 g/mol. The fraction of sp³-hybridized carbons (Fsp3) is 0.0833. The van der Waals surface area contributed by atoms with Crippen molar-refractivity contribution in [3.63, 3.8) is 0 Å². The Kier molecular flexibility index (Phi) is 2.31. The number of aromatic nitrogens is 2. The van der Waals surface area contributed by atoms with E-state index in [0.29, 0.717) is 27.9 Å². The van der Waals surface area contributed by atoms with Crippen LogP contribution in [-0.4, -0.2) is 10.1 Å². The molecule has 3 rings (SSSR count). The number of hydrogen-bond acceptors (Lipinski definition) is 3. The van der Waals surface area contributed by atoms with Crippen molar-refractivity contribution in [2.75, 3.05) is 5.73 Å². The first-order chi connectivity index (χ1) is 8.97. The topological polar surface area (TPSA) is 67.8 Å². The van der Waals surface area contributed by atoms with Crippen molar-refractivity contribution in [1.82, 2.24) is 10.1 Å². The largest absolute Gasteiger partial charge is 0.416 e. The highest BCUT2D eigenvalue weighted by Crippen LogP contribution is 2.36. The van der Waals surface area contributed by atoms with Crippen molar-refractivity contribution in [2.45, 2.75) is 6.18 Å². The number of benzene rings is 1. The highest BCUT2D eigenvalue weighted by atomic mass is 19.4. The zero-order chi connectivity index (χ0) is 13.6. The lowest BCUT2D eigenvalue weighted by Crippen LogP contribution is -2.04. The van der Waals surface area contributed by atoms with Crippen molar-refractivity contribution in [3.05, 3.63) is 36.2 Å². The number of fused-ring (bicyclic) bond motifs is 1. The molecule has 0 aliphatic carbocycles. The molecule has 19 heavy (non-hydrogen) atoms. The van der Waals surface area contributed by atoms with Crippen LogP contribution < -0.4 is 5.73 Å². The second-order valence-electron chi connectivity index (χ2n) is 4.07. The minimum atomic E-state index is -4.37. The molecule has 2 aromatic heterocycles. The molecule has 4 nitrogen and oxygen atoms in total. The highest BCUT2D eigenvalue weighted by molar-refractivity contribution is 5.96. The summed E-state index contributed by atoms with van der Waals surface area (Å²) in [5.74, 6) is 0.339. The van der Waals surface area contributed by atoms with Crippen molar-refractivity contribution in [1.29, 1.82) is 0 Å². The molecule has 0 unspecified atom stereocenters. The van der Waals surface area contributed by atoms with Crippen LogP contribution in [0.3, 0.4) is 0 Å². The number of anilines is 1. The normalized spacial score (nSPS) is 12.2. The highest BCUT2D eigenvalue weighted by Gasteiger charge is 2.30. The maximum absolute atomic E-state index is 12.6. The Labute approximate surface area is 105 Å². The third-order valence-corrected chi connectivity index (χ3v) is 2.85. The van der Waals surface area contributed by atoms with Gasteiger partial charge in [-0.3, -0.25) is 0 Å². The van der Waals surface area contributed by atoms with E-state index in [4.69, 9.17) is 10.3 Å². The van der Waals surface area contributed by atoms with Gasteiger partial charge in [-0.25, -0.2) is 0 Å². The zero-order valence-corrected chi connectivity index (χ0v) is 9.45.